The second-order valence-electron chi connectivity index (χ2n) is 4.95. The van der Waals surface area contributed by atoms with Crippen LogP contribution < -0.4 is 10.6 Å². The van der Waals surface area contributed by atoms with Gasteiger partial charge in [-0.2, -0.15) is 0 Å². The summed E-state index contributed by atoms with van der Waals surface area (Å²) in [5.41, 5.74) is 6.47. The number of anilines is 1. The molecule has 88 valence electrons. The van der Waals surface area contributed by atoms with Gasteiger partial charge in [0.05, 0.1) is 11.2 Å². The first-order chi connectivity index (χ1) is 7.59. The molecule has 1 aliphatic rings. The first-order valence-electron chi connectivity index (χ1n) is 5.77. The number of para-hydroxylation sites is 1. The predicted octanol–water partition coefficient (Wildman–Crippen LogP) is 2.39. The molecular formula is C13H19FN2. The van der Waals surface area contributed by atoms with Crippen molar-refractivity contribution in [3.05, 3.63) is 30.1 Å². The van der Waals surface area contributed by atoms with E-state index in [9.17, 15) is 4.39 Å². The molecule has 0 bridgehead atoms. The van der Waals surface area contributed by atoms with E-state index >= 15 is 0 Å². The van der Waals surface area contributed by atoms with Gasteiger partial charge in [0.2, 0.25) is 0 Å². The molecule has 2 N–H and O–H groups in total. The number of nitrogens with two attached hydrogens (primary N) is 1. The van der Waals surface area contributed by atoms with Crippen LogP contribution >= 0.6 is 0 Å². The molecule has 1 fully saturated rings. The highest BCUT2D eigenvalue weighted by molar-refractivity contribution is 5.50. The molecule has 1 aromatic carbocycles. The normalized spacial score (nSPS) is 28.6. The molecule has 2 rings (SSSR count). The van der Waals surface area contributed by atoms with Gasteiger partial charge in [0, 0.05) is 13.6 Å². The fraction of sp³-hybridized carbons (Fsp3) is 0.538. The van der Waals surface area contributed by atoms with Crippen molar-refractivity contribution in [3.63, 3.8) is 0 Å². The number of likely N-dealkylation sites (N-methyl/N-ethyl adjacent to an activating group) is 1. The second-order valence-corrected chi connectivity index (χ2v) is 4.95. The zero-order chi connectivity index (χ0) is 11.8. The van der Waals surface area contributed by atoms with Gasteiger partial charge < -0.3 is 10.6 Å². The van der Waals surface area contributed by atoms with Crippen molar-refractivity contribution >= 4 is 5.69 Å². The summed E-state index contributed by atoms with van der Waals surface area (Å²) in [5, 5.41) is 0. The third-order valence-electron chi connectivity index (χ3n) is 3.76. The fourth-order valence-electron chi connectivity index (χ4n) is 2.79. The molecule has 3 heteroatoms. The third-order valence-corrected chi connectivity index (χ3v) is 3.76. The first-order valence-corrected chi connectivity index (χ1v) is 5.77. The summed E-state index contributed by atoms with van der Waals surface area (Å²) in [5.74, 6) is 0.523. The number of nitrogens with zero attached hydrogens (tertiary/aromatic N) is 1. The van der Waals surface area contributed by atoms with E-state index in [0.717, 1.165) is 12.8 Å². The number of rotatable bonds is 3. The SMILES string of the molecule is CC1CC(CN)(N(C)c2ccccc2F)C1. The van der Waals surface area contributed by atoms with Crippen molar-refractivity contribution in [3.8, 4) is 0 Å². The molecule has 2 nitrogen and oxygen atoms in total. The number of hydrogen-bond acceptors (Lipinski definition) is 2. The van der Waals surface area contributed by atoms with Crippen molar-refractivity contribution in [1.82, 2.24) is 0 Å². The molecule has 0 spiro atoms. The van der Waals surface area contributed by atoms with Crippen LogP contribution in [-0.4, -0.2) is 19.1 Å². The van der Waals surface area contributed by atoms with Gasteiger partial charge in [0.1, 0.15) is 5.82 Å². The van der Waals surface area contributed by atoms with Gasteiger partial charge in [-0.15, -0.1) is 0 Å². The lowest BCUT2D eigenvalue weighted by molar-refractivity contribution is 0.163. The summed E-state index contributed by atoms with van der Waals surface area (Å²) in [6.45, 7) is 2.80. The lowest BCUT2D eigenvalue weighted by Gasteiger charge is -2.52. The van der Waals surface area contributed by atoms with Crippen molar-refractivity contribution < 1.29 is 4.39 Å². The van der Waals surface area contributed by atoms with Gasteiger partial charge in [0.15, 0.2) is 0 Å². The molecule has 1 saturated carbocycles. The number of hydrogen-bond donors (Lipinski definition) is 1. The van der Waals surface area contributed by atoms with E-state index in [1.165, 1.54) is 6.07 Å². The molecule has 0 saturated heterocycles. The van der Waals surface area contributed by atoms with Crippen molar-refractivity contribution in [1.29, 1.82) is 0 Å². The largest absolute Gasteiger partial charge is 0.365 e. The van der Waals surface area contributed by atoms with E-state index in [1.807, 2.05) is 24.1 Å². The van der Waals surface area contributed by atoms with E-state index < -0.39 is 0 Å². The highest BCUT2D eigenvalue weighted by atomic mass is 19.1. The Balaban J connectivity index is 2.25. The average Bonchev–Trinajstić information content (AvgIpc) is 2.24. The van der Waals surface area contributed by atoms with Gasteiger partial charge in [-0.3, -0.25) is 0 Å². The molecule has 0 aromatic heterocycles. The van der Waals surface area contributed by atoms with E-state index in [-0.39, 0.29) is 11.4 Å². The zero-order valence-corrected chi connectivity index (χ0v) is 9.91. The maximum absolute atomic E-state index is 13.7. The third kappa shape index (κ3) is 1.69. The summed E-state index contributed by atoms with van der Waals surface area (Å²) in [4.78, 5) is 2.02. The van der Waals surface area contributed by atoms with Gasteiger partial charge in [-0.1, -0.05) is 19.1 Å². The monoisotopic (exact) mass is 222 g/mol. The number of benzene rings is 1. The fourth-order valence-corrected chi connectivity index (χ4v) is 2.79. The van der Waals surface area contributed by atoms with E-state index in [4.69, 9.17) is 5.73 Å². The molecule has 1 aromatic rings. The molecule has 0 heterocycles. The molecular weight excluding hydrogens is 203 g/mol. The Labute approximate surface area is 96.2 Å². The zero-order valence-electron chi connectivity index (χ0n) is 9.91. The van der Waals surface area contributed by atoms with E-state index in [2.05, 4.69) is 6.92 Å². The van der Waals surface area contributed by atoms with Gasteiger partial charge in [0.25, 0.3) is 0 Å². The Morgan fingerprint density at radius 1 is 1.44 bits per heavy atom. The minimum Gasteiger partial charge on any atom is -0.365 e. The van der Waals surface area contributed by atoms with Crippen LogP contribution in [0.4, 0.5) is 10.1 Å². The van der Waals surface area contributed by atoms with E-state index in [1.54, 1.807) is 6.07 Å². The summed E-state index contributed by atoms with van der Waals surface area (Å²) in [6.07, 6.45) is 2.10. The van der Waals surface area contributed by atoms with Crippen LogP contribution in [0, 0.1) is 11.7 Å². The summed E-state index contributed by atoms with van der Waals surface area (Å²) in [6, 6.07) is 6.89. The molecule has 16 heavy (non-hydrogen) atoms. The molecule has 0 radical (unpaired) electrons. The van der Waals surface area contributed by atoms with Gasteiger partial charge >= 0.3 is 0 Å². The first kappa shape index (κ1) is 11.4. The topological polar surface area (TPSA) is 29.3 Å². The summed E-state index contributed by atoms with van der Waals surface area (Å²) < 4.78 is 13.7. The van der Waals surface area contributed by atoms with Crippen LogP contribution in [0.25, 0.3) is 0 Å². The lowest BCUT2D eigenvalue weighted by atomic mass is 9.68. The minimum atomic E-state index is -0.169. The smallest absolute Gasteiger partial charge is 0.146 e. The maximum Gasteiger partial charge on any atom is 0.146 e. The maximum atomic E-state index is 13.7. The Hall–Kier alpha value is -1.09. The molecule has 1 aliphatic carbocycles. The van der Waals surface area contributed by atoms with Gasteiger partial charge in [-0.05, 0) is 30.9 Å². The summed E-state index contributed by atoms with van der Waals surface area (Å²) in [7, 11) is 1.94. The second kappa shape index (κ2) is 4.06. The van der Waals surface area contributed by atoms with Crippen LogP contribution in [0.1, 0.15) is 19.8 Å². The minimum absolute atomic E-state index is 0.0401. The van der Waals surface area contributed by atoms with Crippen LogP contribution in [0.2, 0.25) is 0 Å². The Morgan fingerprint density at radius 3 is 2.56 bits per heavy atom. The number of halogens is 1. The van der Waals surface area contributed by atoms with Crippen LogP contribution in [0.15, 0.2) is 24.3 Å². The Bertz CT molecular complexity index is 372. The van der Waals surface area contributed by atoms with Crippen molar-refractivity contribution in [2.45, 2.75) is 25.3 Å². The Kier molecular flexibility index (Phi) is 2.89. The van der Waals surface area contributed by atoms with Gasteiger partial charge in [-0.25, -0.2) is 4.39 Å². The molecule has 0 aliphatic heterocycles. The molecule has 0 atom stereocenters. The van der Waals surface area contributed by atoms with E-state index in [0.29, 0.717) is 18.2 Å². The average molecular weight is 222 g/mol. The van der Waals surface area contributed by atoms with Crippen molar-refractivity contribution in [2.24, 2.45) is 11.7 Å². The molecule has 0 unspecified atom stereocenters. The highest BCUT2D eigenvalue weighted by Gasteiger charge is 2.44. The predicted molar refractivity (Wildman–Crippen MR) is 65.0 cm³/mol. The van der Waals surface area contributed by atoms with Crippen molar-refractivity contribution in [2.75, 3.05) is 18.5 Å². The molecule has 0 amide bonds. The van der Waals surface area contributed by atoms with Crippen LogP contribution in [-0.2, 0) is 0 Å². The highest BCUT2D eigenvalue weighted by Crippen LogP contribution is 2.43. The standard InChI is InChI=1S/C13H19FN2/c1-10-7-13(8-10,9-15)16(2)12-6-4-3-5-11(12)14/h3-6,10H,7-9,15H2,1-2H3. The quantitative estimate of drug-likeness (QED) is 0.851. The van der Waals surface area contributed by atoms with Crippen LogP contribution in [0.3, 0.4) is 0 Å². The summed E-state index contributed by atoms with van der Waals surface area (Å²) >= 11 is 0. The van der Waals surface area contributed by atoms with Crippen LogP contribution in [0.5, 0.6) is 0 Å². The Morgan fingerprint density at radius 2 is 2.06 bits per heavy atom. The lowest BCUT2D eigenvalue weighted by Crippen LogP contribution is -2.60.